The van der Waals surface area contributed by atoms with Crippen molar-refractivity contribution in [2.75, 3.05) is 43.9 Å². The maximum Gasteiger partial charge on any atom is 0.417 e. The number of rotatable bonds is 7. The molecule has 8 nitrogen and oxygen atoms in total. The lowest BCUT2D eigenvalue weighted by Crippen LogP contribution is -2.58. The first kappa shape index (κ1) is 33.2. The number of likely N-dealkylation sites (N-methyl/N-ethyl adjacent to an activating group) is 1. The average molecular weight is 672 g/mol. The number of halogens is 6. The Morgan fingerprint density at radius 3 is 2.49 bits per heavy atom. The zero-order valence-corrected chi connectivity index (χ0v) is 26.3. The van der Waals surface area contributed by atoms with Crippen LogP contribution < -0.4 is 15.9 Å². The SMILES string of the molecule is C=CC(=O)N1[C@H](C)CN(c2nc(=O)n3c4c(c(-c5cc(Cl)c(F)cc5F)c(C(F)(F)F)cc24)SCC(OCCNC)C3)C[C@@H]1C. The van der Waals surface area contributed by atoms with Crippen molar-refractivity contribution in [1.82, 2.24) is 19.8 Å². The van der Waals surface area contributed by atoms with Crippen LogP contribution >= 0.6 is 23.4 Å². The monoisotopic (exact) mass is 671 g/mol. The molecule has 1 unspecified atom stereocenters. The summed E-state index contributed by atoms with van der Waals surface area (Å²) in [5, 5.41) is 2.42. The molecule has 15 heteroatoms. The molecular formula is C30H31ClF5N5O3S. The van der Waals surface area contributed by atoms with Crippen molar-refractivity contribution in [2.45, 2.75) is 49.7 Å². The van der Waals surface area contributed by atoms with Crippen LogP contribution in [-0.2, 0) is 22.3 Å². The number of piperazine rings is 1. The van der Waals surface area contributed by atoms with Crippen LogP contribution in [0.1, 0.15) is 19.4 Å². The number of thioether (sulfide) groups is 1. The third kappa shape index (κ3) is 6.29. The number of anilines is 1. The fourth-order valence-corrected chi connectivity index (χ4v) is 7.48. The van der Waals surface area contributed by atoms with Gasteiger partial charge in [0.1, 0.15) is 17.5 Å². The molecule has 0 saturated carbocycles. The zero-order valence-electron chi connectivity index (χ0n) is 24.7. The van der Waals surface area contributed by atoms with Gasteiger partial charge in [-0.05, 0) is 39.1 Å². The molecule has 1 amide bonds. The topological polar surface area (TPSA) is 79.7 Å². The number of ether oxygens (including phenoxy) is 1. The summed E-state index contributed by atoms with van der Waals surface area (Å²) in [7, 11) is 1.74. The van der Waals surface area contributed by atoms with E-state index in [2.05, 4.69) is 16.9 Å². The Hall–Kier alpha value is -3.20. The third-order valence-electron chi connectivity index (χ3n) is 7.94. The Kier molecular flexibility index (Phi) is 9.50. The van der Waals surface area contributed by atoms with Gasteiger partial charge in [-0.2, -0.15) is 18.2 Å². The Labute approximate surface area is 265 Å². The number of hydrogen-bond donors (Lipinski definition) is 1. The second-order valence-corrected chi connectivity index (χ2v) is 12.5. The molecular weight excluding hydrogens is 641 g/mol. The van der Waals surface area contributed by atoms with Gasteiger partial charge in [0.25, 0.3) is 0 Å². The van der Waals surface area contributed by atoms with Crippen molar-refractivity contribution >= 4 is 46.0 Å². The van der Waals surface area contributed by atoms with Crippen LogP contribution in [0.2, 0.25) is 5.02 Å². The lowest BCUT2D eigenvalue weighted by molar-refractivity contribution is -0.137. The minimum Gasteiger partial charge on any atom is -0.374 e. The maximum atomic E-state index is 15.3. The highest BCUT2D eigenvalue weighted by Crippen LogP contribution is 2.49. The largest absolute Gasteiger partial charge is 0.417 e. The summed E-state index contributed by atoms with van der Waals surface area (Å²) < 4.78 is 81.5. The molecule has 0 aliphatic carbocycles. The number of aromatic nitrogens is 2. The lowest BCUT2D eigenvalue weighted by atomic mass is 9.95. The standard InChI is InChI=1S/C30H31ClF5N5O3S/c1-5-24(42)41-15(2)11-39(12-16(41)3)28-19-8-20(30(34,35)36)25(18-9-21(31)23(33)10-22(18)32)27-26(19)40(29(43)38-28)13-17(14-45-27)44-7-6-37-4/h5,8-10,15-17,37H,1,6-7,11-14H2,2-4H3/t15-,16+,17?. The molecule has 242 valence electrons. The van der Waals surface area contributed by atoms with E-state index in [-0.39, 0.29) is 71.6 Å². The molecule has 2 aromatic carbocycles. The molecule has 3 atom stereocenters. The predicted octanol–water partition coefficient (Wildman–Crippen LogP) is 5.34. The van der Waals surface area contributed by atoms with Gasteiger partial charge < -0.3 is 19.9 Å². The van der Waals surface area contributed by atoms with Crippen LogP contribution in [0.15, 0.2) is 40.5 Å². The summed E-state index contributed by atoms with van der Waals surface area (Å²) in [6, 6.07) is 1.37. The van der Waals surface area contributed by atoms with Crippen LogP contribution in [-0.4, -0.2) is 77.6 Å². The number of carbonyl (C=O) groups excluding carboxylic acids is 1. The first-order valence-corrected chi connectivity index (χ1v) is 15.5. The highest BCUT2D eigenvalue weighted by Gasteiger charge is 2.40. The van der Waals surface area contributed by atoms with Crippen LogP contribution in [0.3, 0.4) is 0 Å². The van der Waals surface area contributed by atoms with Gasteiger partial charge in [-0.25, -0.2) is 13.6 Å². The van der Waals surface area contributed by atoms with E-state index < -0.39 is 51.3 Å². The summed E-state index contributed by atoms with van der Waals surface area (Å²) >= 11 is 6.94. The molecule has 1 N–H and O–H groups in total. The fourth-order valence-electron chi connectivity index (χ4n) is 6.05. The van der Waals surface area contributed by atoms with Gasteiger partial charge in [0.15, 0.2) is 0 Å². The molecule has 45 heavy (non-hydrogen) atoms. The number of amides is 1. The molecule has 5 rings (SSSR count). The van der Waals surface area contributed by atoms with E-state index in [1.54, 1.807) is 30.7 Å². The van der Waals surface area contributed by atoms with Crippen molar-refractivity contribution in [3.05, 3.63) is 63.6 Å². The molecule has 2 aliphatic rings. The number of nitrogens with zero attached hydrogens (tertiary/aromatic N) is 4. The van der Waals surface area contributed by atoms with Gasteiger partial charge in [0.2, 0.25) is 5.91 Å². The van der Waals surface area contributed by atoms with Crippen LogP contribution in [0.5, 0.6) is 0 Å². The van der Waals surface area contributed by atoms with Gasteiger partial charge in [-0.1, -0.05) is 18.2 Å². The molecule has 2 aliphatic heterocycles. The zero-order chi connectivity index (χ0) is 32.8. The Balaban J connectivity index is 1.81. The molecule has 1 fully saturated rings. The first-order chi connectivity index (χ1) is 21.3. The quantitative estimate of drug-likeness (QED) is 0.157. The highest BCUT2D eigenvalue weighted by molar-refractivity contribution is 7.99. The Morgan fingerprint density at radius 2 is 1.87 bits per heavy atom. The number of benzene rings is 2. The molecule has 0 radical (unpaired) electrons. The fraction of sp³-hybridized carbons (Fsp3) is 0.433. The van der Waals surface area contributed by atoms with E-state index in [9.17, 15) is 27.2 Å². The van der Waals surface area contributed by atoms with E-state index in [0.29, 0.717) is 12.6 Å². The molecule has 1 saturated heterocycles. The third-order valence-corrected chi connectivity index (χ3v) is 9.45. The molecule has 0 bridgehead atoms. The molecule has 0 spiro atoms. The number of hydrogen-bond acceptors (Lipinski definition) is 7. The highest BCUT2D eigenvalue weighted by atomic mass is 35.5. The van der Waals surface area contributed by atoms with Gasteiger partial charge in [0.05, 0.1) is 35.4 Å². The smallest absolute Gasteiger partial charge is 0.374 e. The van der Waals surface area contributed by atoms with Gasteiger partial charge >= 0.3 is 11.9 Å². The molecule has 1 aromatic heterocycles. The van der Waals surface area contributed by atoms with E-state index in [1.165, 1.54) is 10.6 Å². The van der Waals surface area contributed by atoms with Crippen molar-refractivity contribution in [2.24, 2.45) is 0 Å². The second kappa shape index (κ2) is 12.9. The Morgan fingerprint density at radius 1 is 1.18 bits per heavy atom. The van der Waals surface area contributed by atoms with Crippen molar-refractivity contribution in [1.29, 1.82) is 0 Å². The number of carbonyl (C=O) groups is 1. The average Bonchev–Trinajstić information content (AvgIpc) is 3.16. The van der Waals surface area contributed by atoms with E-state index in [0.717, 1.165) is 23.9 Å². The summed E-state index contributed by atoms with van der Waals surface area (Å²) in [6.45, 7) is 8.24. The van der Waals surface area contributed by atoms with Gasteiger partial charge in [-0.15, -0.1) is 11.8 Å². The number of nitrogens with one attached hydrogen (secondary N) is 1. The van der Waals surface area contributed by atoms with Crippen LogP contribution in [0.25, 0.3) is 22.0 Å². The van der Waals surface area contributed by atoms with Crippen molar-refractivity contribution < 1.29 is 31.5 Å². The Bertz CT molecular complexity index is 1710. The molecule has 3 aromatic rings. The van der Waals surface area contributed by atoms with Crippen LogP contribution in [0.4, 0.5) is 27.8 Å². The van der Waals surface area contributed by atoms with Gasteiger partial charge in [-0.3, -0.25) is 9.36 Å². The minimum absolute atomic E-state index is 0.0155. The normalized spacial score (nSPS) is 20.4. The molecule has 3 heterocycles. The lowest BCUT2D eigenvalue weighted by Gasteiger charge is -2.44. The summed E-state index contributed by atoms with van der Waals surface area (Å²) in [6.07, 6.45) is -4.39. The predicted molar refractivity (Wildman–Crippen MR) is 164 cm³/mol. The first-order valence-electron chi connectivity index (χ1n) is 14.2. The summed E-state index contributed by atoms with van der Waals surface area (Å²) in [5.74, 6) is -2.50. The van der Waals surface area contributed by atoms with Crippen molar-refractivity contribution in [3.63, 3.8) is 0 Å². The number of alkyl halides is 3. The van der Waals surface area contributed by atoms with Crippen molar-refractivity contribution in [3.8, 4) is 11.1 Å². The second-order valence-electron chi connectivity index (χ2n) is 11.1. The van der Waals surface area contributed by atoms with Crippen LogP contribution in [0, 0.1) is 11.6 Å². The van der Waals surface area contributed by atoms with E-state index >= 15 is 4.39 Å². The minimum atomic E-state index is -4.99. The van der Waals surface area contributed by atoms with Gasteiger partial charge in [0, 0.05) is 64.9 Å². The summed E-state index contributed by atoms with van der Waals surface area (Å²) in [5.41, 5.74) is -2.89. The maximum absolute atomic E-state index is 15.3. The van der Waals surface area contributed by atoms with E-state index in [4.69, 9.17) is 16.3 Å². The summed E-state index contributed by atoms with van der Waals surface area (Å²) in [4.78, 5) is 33.8. The van der Waals surface area contributed by atoms with E-state index in [1.807, 2.05) is 0 Å².